The minimum Gasteiger partial charge on any atom is -0.464 e. The summed E-state index contributed by atoms with van der Waals surface area (Å²) in [7, 11) is 0. The van der Waals surface area contributed by atoms with Gasteiger partial charge in [0.25, 0.3) is 5.56 Å². The second-order valence-corrected chi connectivity index (χ2v) is 3.94. The van der Waals surface area contributed by atoms with Gasteiger partial charge in [-0.25, -0.2) is 5.10 Å². The number of furan rings is 1. The van der Waals surface area contributed by atoms with Gasteiger partial charge in [0.05, 0.1) is 12.0 Å². The van der Waals surface area contributed by atoms with Crippen LogP contribution in [-0.2, 0) is 0 Å². The first-order valence-electron chi connectivity index (χ1n) is 5.28. The molecule has 0 spiro atoms. The molecule has 0 aliphatic heterocycles. The molecule has 0 radical (unpaired) electrons. The maximum atomic E-state index is 11.2. The molecular formula is C13H10N2O2. The van der Waals surface area contributed by atoms with Crippen molar-refractivity contribution in [3.8, 4) is 11.3 Å². The molecule has 2 heterocycles. The van der Waals surface area contributed by atoms with E-state index in [4.69, 9.17) is 4.42 Å². The molecule has 17 heavy (non-hydrogen) atoms. The monoisotopic (exact) mass is 226 g/mol. The van der Waals surface area contributed by atoms with Crippen LogP contribution in [0.4, 0.5) is 0 Å². The van der Waals surface area contributed by atoms with Gasteiger partial charge in [0.2, 0.25) is 0 Å². The fourth-order valence-electron chi connectivity index (χ4n) is 1.78. The van der Waals surface area contributed by atoms with E-state index in [-0.39, 0.29) is 5.56 Å². The highest BCUT2D eigenvalue weighted by atomic mass is 16.3. The van der Waals surface area contributed by atoms with Crippen LogP contribution >= 0.6 is 0 Å². The van der Waals surface area contributed by atoms with E-state index in [0.29, 0.717) is 5.56 Å². The number of aromatic amines is 1. The first-order chi connectivity index (χ1) is 8.24. The lowest BCUT2D eigenvalue weighted by Crippen LogP contribution is -2.11. The number of hydrogen-bond acceptors (Lipinski definition) is 3. The molecule has 1 N–H and O–H groups in total. The van der Waals surface area contributed by atoms with E-state index in [0.717, 1.165) is 22.2 Å². The average molecular weight is 226 g/mol. The third-order valence-electron chi connectivity index (χ3n) is 2.74. The third-order valence-corrected chi connectivity index (χ3v) is 2.74. The Kier molecular flexibility index (Phi) is 2.08. The van der Waals surface area contributed by atoms with Crippen LogP contribution in [0, 0.1) is 6.92 Å². The zero-order valence-corrected chi connectivity index (χ0v) is 9.23. The van der Waals surface area contributed by atoms with Gasteiger partial charge in [-0.2, -0.15) is 5.10 Å². The molecule has 2 aromatic heterocycles. The Balaban J connectivity index is 2.19. The summed E-state index contributed by atoms with van der Waals surface area (Å²) in [5.74, 6) is 0. The Labute approximate surface area is 96.9 Å². The zero-order valence-electron chi connectivity index (χ0n) is 9.23. The van der Waals surface area contributed by atoms with Crippen LogP contribution < -0.4 is 5.56 Å². The summed E-state index contributed by atoms with van der Waals surface area (Å²) < 4.78 is 5.27. The van der Waals surface area contributed by atoms with E-state index in [2.05, 4.69) is 10.2 Å². The minimum atomic E-state index is -0.155. The second-order valence-electron chi connectivity index (χ2n) is 3.94. The number of aromatic nitrogens is 2. The predicted molar refractivity (Wildman–Crippen MR) is 64.8 cm³/mol. The molecule has 0 unspecified atom stereocenters. The standard InChI is InChI=1S/C13H10N2O2/c1-8-6-11(14-15-13(8)16)9-2-3-12-10(7-9)4-5-17-12/h2-7H,1H3,(H,15,16). The highest BCUT2D eigenvalue weighted by Crippen LogP contribution is 2.23. The second kappa shape index (κ2) is 3.59. The van der Waals surface area contributed by atoms with Crippen molar-refractivity contribution in [3.05, 3.63) is 52.5 Å². The molecule has 0 fully saturated rings. The number of nitrogens with one attached hydrogen (secondary N) is 1. The molecular weight excluding hydrogens is 216 g/mol. The first kappa shape index (κ1) is 9.84. The molecule has 0 saturated carbocycles. The smallest absolute Gasteiger partial charge is 0.267 e. The maximum absolute atomic E-state index is 11.2. The topological polar surface area (TPSA) is 58.9 Å². The van der Waals surface area contributed by atoms with Crippen molar-refractivity contribution in [2.24, 2.45) is 0 Å². The van der Waals surface area contributed by atoms with E-state index in [1.54, 1.807) is 19.3 Å². The molecule has 1 aromatic carbocycles. The van der Waals surface area contributed by atoms with Crippen molar-refractivity contribution >= 4 is 11.0 Å². The van der Waals surface area contributed by atoms with Gasteiger partial charge in [0.15, 0.2) is 0 Å². The van der Waals surface area contributed by atoms with E-state index in [1.807, 2.05) is 24.3 Å². The lowest BCUT2D eigenvalue weighted by molar-refractivity contribution is 0.616. The zero-order chi connectivity index (χ0) is 11.8. The molecule has 84 valence electrons. The van der Waals surface area contributed by atoms with E-state index in [1.165, 1.54) is 0 Å². The van der Waals surface area contributed by atoms with Crippen molar-refractivity contribution in [1.29, 1.82) is 0 Å². The molecule has 0 bridgehead atoms. The van der Waals surface area contributed by atoms with Gasteiger partial charge in [0.1, 0.15) is 5.58 Å². The fraction of sp³-hybridized carbons (Fsp3) is 0.0769. The number of hydrogen-bond donors (Lipinski definition) is 1. The van der Waals surface area contributed by atoms with E-state index < -0.39 is 0 Å². The van der Waals surface area contributed by atoms with Gasteiger partial charge in [-0.15, -0.1) is 0 Å². The summed E-state index contributed by atoms with van der Waals surface area (Å²) in [6, 6.07) is 9.48. The molecule has 4 nitrogen and oxygen atoms in total. The Hall–Kier alpha value is -2.36. The van der Waals surface area contributed by atoms with Crippen LogP contribution in [0.15, 0.2) is 45.8 Å². The SMILES string of the molecule is Cc1cc(-c2ccc3occc3c2)n[nH]c1=O. The van der Waals surface area contributed by atoms with Crippen molar-refractivity contribution in [2.75, 3.05) is 0 Å². The number of benzene rings is 1. The van der Waals surface area contributed by atoms with Gasteiger partial charge in [-0.05, 0) is 37.3 Å². The van der Waals surface area contributed by atoms with Crippen molar-refractivity contribution in [2.45, 2.75) is 6.92 Å². The van der Waals surface area contributed by atoms with Gasteiger partial charge in [-0.3, -0.25) is 4.79 Å². The molecule has 0 amide bonds. The average Bonchev–Trinajstić information content (AvgIpc) is 2.79. The Bertz CT molecular complexity index is 740. The number of fused-ring (bicyclic) bond motifs is 1. The largest absolute Gasteiger partial charge is 0.464 e. The van der Waals surface area contributed by atoms with Crippen molar-refractivity contribution in [3.63, 3.8) is 0 Å². The quantitative estimate of drug-likeness (QED) is 0.693. The number of rotatable bonds is 1. The van der Waals surface area contributed by atoms with Gasteiger partial charge in [0, 0.05) is 16.5 Å². The summed E-state index contributed by atoms with van der Waals surface area (Å²) in [5.41, 5.74) is 3.05. The first-order valence-corrected chi connectivity index (χ1v) is 5.28. The minimum absolute atomic E-state index is 0.155. The Morgan fingerprint density at radius 2 is 2.12 bits per heavy atom. The summed E-state index contributed by atoms with van der Waals surface area (Å²) in [6.45, 7) is 1.76. The van der Waals surface area contributed by atoms with Crippen LogP contribution in [-0.4, -0.2) is 10.2 Å². The van der Waals surface area contributed by atoms with Crippen molar-refractivity contribution in [1.82, 2.24) is 10.2 Å². The molecule has 3 rings (SSSR count). The molecule has 0 aliphatic carbocycles. The molecule has 3 aromatic rings. The highest BCUT2D eigenvalue weighted by Gasteiger charge is 2.04. The Morgan fingerprint density at radius 3 is 2.94 bits per heavy atom. The number of aryl methyl sites for hydroxylation is 1. The van der Waals surface area contributed by atoms with Crippen molar-refractivity contribution < 1.29 is 4.42 Å². The Morgan fingerprint density at radius 1 is 1.24 bits per heavy atom. The van der Waals surface area contributed by atoms with Gasteiger partial charge in [-0.1, -0.05) is 0 Å². The molecule has 0 aliphatic rings. The summed E-state index contributed by atoms with van der Waals surface area (Å²) in [6.07, 6.45) is 1.65. The highest BCUT2D eigenvalue weighted by molar-refractivity contribution is 5.82. The van der Waals surface area contributed by atoms with E-state index in [9.17, 15) is 4.79 Å². The normalized spacial score (nSPS) is 10.9. The predicted octanol–water partition coefficient (Wildman–Crippen LogP) is 2.49. The van der Waals surface area contributed by atoms with E-state index >= 15 is 0 Å². The molecule has 0 atom stereocenters. The lowest BCUT2D eigenvalue weighted by Gasteiger charge is -2.01. The van der Waals surface area contributed by atoms with Crippen LogP contribution in [0.5, 0.6) is 0 Å². The van der Waals surface area contributed by atoms with Crippen LogP contribution in [0.25, 0.3) is 22.2 Å². The summed E-state index contributed by atoms with van der Waals surface area (Å²) in [5, 5.41) is 7.53. The molecule has 4 heteroatoms. The van der Waals surface area contributed by atoms with Crippen LogP contribution in [0.3, 0.4) is 0 Å². The maximum Gasteiger partial charge on any atom is 0.267 e. The van der Waals surface area contributed by atoms with Gasteiger partial charge < -0.3 is 4.42 Å². The number of H-pyrrole nitrogens is 1. The van der Waals surface area contributed by atoms with Crippen LogP contribution in [0.2, 0.25) is 0 Å². The summed E-state index contributed by atoms with van der Waals surface area (Å²) in [4.78, 5) is 11.2. The summed E-state index contributed by atoms with van der Waals surface area (Å²) >= 11 is 0. The van der Waals surface area contributed by atoms with Crippen LogP contribution in [0.1, 0.15) is 5.56 Å². The number of nitrogens with zero attached hydrogens (tertiary/aromatic N) is 1. The fourth-order valence-corrected chi connectivity index (χ4v) is 1.78. The van der Waals surface area contributed by atoms with Gasteiger partial charge >= 0.3 is 0 Å². The molecule has 0 saturated heterocycles. The lowest BCUT2D eigenvalue weighted by atomic mass is 10.1. The third kappa shape index (κ3) is 1.63.